The van der Waals surface area contributed by atoms with Gasteiger partial charge in [-0.05, 0) is 38.8 Å². The van der Waals surface area contributed by atoms with Crippen molar-refractivity contribution in [2.45, 2.75) is 51.1 Å². The minimum absolute atomic E-state index is 0.00241. The molecular weight excluding hydrogens is 252 g/mol. The lowest BCUT2D eigenvalue weighted by molar-refractivity contribution is 0.0729. The summed E-state index contributed by atoms with van der Waals surface area (Å²) in [6.07, 6.45) is 6.39. The number of nitrogens with zero attached hydrogens (tertiary/aromatic N) is 3. The van der Waals surface area contributed by atoms with E-state index in [4.69, 9.17) is 10.5 Å². The molecule has 5 heteroatoms. The van der Waals surface area contributed by atoms with E-state index in [0.29, 0.717) is 0 Å². The van der Waals surface area contributed by atoms with Crippen LogP contribution in [-0.2, 0) is 7.05 Å². The summed E-state index contributed by atoms with van der Waals surface area (Å²) >= 11 is 0. The maximum Gasteiger partial charge on any atom is 0.161 e. The molecule has 1 unspecified atom stereocenters. The highest BCUT2D eigenvalue weighted by molar-refractivity contribution is 5.31. The molecule has 114 valence electrons. The van der Waals surface area contributed by atoms with Crippen molar-refractivity contribution >= 4 is 0 Å². The lowest BCUT2D eigenvalue weighted by Crippen LogP contribution is -2.54. The van der Waals surface area contributed by atoms with Gasteiger partial charge < -0.3 is 10.5 Å². The molecule has 1 atom stereocenters. The van der Waals surface area contributed by atoms with Crippen LogP contribution in [0, 0.1) is 0 Å². The second-order valence-corrected chi connectivity index (χ2v) is 5.70. The highest BCUT2D eigenvalue weighted by Gasteiger charge is 2.43. The summed E-state index contributed by atoms with van der Waals surface area (Å²) in [4.78, 5) is 2.57. The first-order valence-corrected chi connectivity index (χ1v) is 7.67. The Balaban J connectivity index is 2.40. The van der Waals surface area contributed by atoms with Crippen LogP contribution in [0.25, 0.3) is 0 Å². The maximum atomic E-state index is 6.71. The predicted octanol–water partition coefficient (Wildman–Crippen LogP) is 2.08. The van der Waals surface area contributed by atoms with Crippen LogP contribution in [0.4, 0.5) is 0 Å². The van der Waals surface area contributed by atoms with Crippen LogP contribution in [0.15, 0.2) is 6.20 Å². The number of nitrogens with two attached hydrogens (primary N) is 1. The summed E-state index contributed by atoms with van der Waals surface area (Å²) in [6.45, 7) is 6.78. The smallest absolute Gasteiger partial charge is 0.161 e. The van der Waals surface area contributed by atoms with E-state index in [1.165, 1.54) is 12.8 Å². The first-order valence-electron chi connectivity index (χ1n) is 7.67. The van der Waals surface area contributed by atoms with Crippen LogP contribution < -0.4 is 10.5 Å². The average molecular weight is 280 g/mol. The van der Waals surface area contributed by atoms with Crippen LogP contribution in [0.1, 0.15) is 51.3 Å². The molecular formula is C15H28N4O. The third kappa shape index (κ3) is 2.33. The van der Waals surface area contributed by atoms with Crippen molar-refractivity contribution in [1.82, 2.24) is 14.7 Å². The Labute approximate surface area is 122 Å². The van der Waals surface area contributed by atoms with E-state index >= 15 is 0 Å². The Morgan fingerprint density at radius 1 is 1.35 bits per heavy atom. The van der Waals surface area contributed by atoms with Crippen molar-refractivity contribution in [2.75, 3.05) is 20.2 Å². The third-order valence-electron chi connectivity index (χ3n) is 5.00. The van der Waals surface area contributed by atoms with Crippen molar-refractivity contribution in [3.63, 3.8) is 0 Å². The van der Waals surface area contributed by atoms with Gasteiger partial charge in [0, 0.05) is 12.6 Å². The summed E-state index contributed by atoms with van der Waals surface area (Å²) in [6, 6.07) is -0.0851. The molecule has 0 aromatic carbocycles. The fraction of sp³-hybridized carbons (Fsp3) is 0.800. The summed E-state index contributed by atoms with van der Waals surface area (Å²) in [5, 5.41) is 4.31. The zero-order chi connectivity index (χ0) is 14.8. The molecule has 2 N–H and O–H groups in total. The number of hydrogen-bond donors (Lipinski definition) is 1. The summed E-state index contributed by atoms with van der Waals surface area (Å²) < 4.78 is 7.31. The Hall–Kier alpha value is -1.07. The van der Waals surface area contributed by atoms with Gasteiger partial charge in [-0.1, -0.05) is 13.8 Å². The molecule has 1 aromatic rings. The van der Waals surface area contributed by atoms with E-state index in [1.807, 2.05) is 11.7 Å². The molecule has 0 bridgehead atoms. The van der Waals surface area contributed by atoms with E-state index in [-0.39, 0.29) is 11.6 Å². The molecule has 0 aliphatic carbocycles. The monoisotopic (exact) mass is 280 g/mol. The molecule has 1 fully saturated rings. The lowest BCUT2D eigenvalue weighted by atomic mass is 9.81. The number of aryl methyl sites for hydroxylation is 1. The molecule has 0 spiro atoms. The van der Waals surface area contributed by atoms with Crippen LogP contribution in [0.2, 0.25) is 0 Å². The summed E-state index contributed by atoms with van der Waals surface area (Å²) in [5.74, 6) is 0.797. The third-order valence-corrected chi connectivity index (χ3v) is 5.00. The van der Waals surface area contributed by atoms with Gasteiger partial charge in [0.05, 0.1) is 25.0 Å². The van der Waals surface area contributed by atoms with Gasteiger partial charge in [0.15, 0.2) is 5.75 Å². The molecule has 0 radical (unpaired) electrons. The highest BCUT2D eigenvalue weighted by Crippen LogP contribution is 2.40. The van der Waals surface area contributed by atoms with Gasteiger partial charge in [-0.25, -0.2) is 0 Å². The average Bonchev–Trinajstić information content (AvgIpc) is 3.10. The maximum absolute atomic E-state index is 6.71. The molecule has 0 amide bonds. The van der Waals surface area contributed by atoms with Crippen LogP contribution in [0.3, 0.4) is 0 Å². The predicted molar refractivity (Wildman–Crippen MR) is 80.8 cm³/mol. The van der Waals surface area contributed by atoms with E-state index in [2.05, 4.69) is 23.8 Å². The van der Waals surface area contributed by atoms with E-state index < -0.39 is 0 Å². The molecule has 20 heavy (non-hydrogen) atoms. The zero-order valence-electron chi connectivity index (χ0n) is 13.2. The molecule has 1 aliphatic rings. The van der Waals surface area contributed by atoms with Gasteiger partial charge in [-0.2, -0.15) is 5.10 Å². The van der Waals surface area contributed by atoms with Gasteiger partial charge in [0.1, 0.15) is 0 Å². The normalized spacial score (nSPS) is 18.4. The largest absolute Gasteiger partial charge is 0.493 e. The van der Waals surface area contributed by atoms with Crippen LogP contribution in [-0.4, -0.2) is 40.4 Å². The van der Waals surface area contributed by atoms with Crippen LogP contribution >= 0.6 is 0 Å². The first kappa shape index (κ1) is 15.3. The fourth-order valence-electron chi connectivity index (χ4n) is 3.69. The highest BCUT2D eigenvalue weighted by atomic mass is 16.5. The molecule has 2 heterocycles. The van der Waals surface area contributed by atoms with Crippen molar-refractivity contribution in [2.24, 2.45) is 12.8 Å². The Bertz CT molecular complexity index is 433. The van der Waals surface area contributed by atoms with Crippen molar-refractivity contribution in [3.8, 4) is 5.75 Å². The van der Waals surface area contributed by atoms with Gasteiger partial charge in [-0.3, -0.25) is 9.58 Å². The van der Waals surface area contributed by atoms with Gasteiger partial charge in [0.25, 0.3) is 0 Å². The number of hydrogen-bond acceptors (Lipinski definition) is 4. The Morgan fingerprint density at radius 3 is 2.45 bits per heavy atom. The van der Waals surface area contributed by atoms with Crippen LogP contribution in [0.5, 0.6) is 5.75 Å². The zero-order valence-corrected chi connectivity index (χ0v) is 13.2. The lowest BCUT2D eigenvalue weighted by Gasteiger charge is -2.45. The number of rotatable bonds is 6. The van der Waals surface area contributed by atoms with Gasteiger partial charge in [-0.15, -0.1) is 0 Å². The molecule has 1 saturated heterocycles. The Morgan fingerprint density at radius 2 is 1.95 bits per heavy atom. The number of methoxy groups -OCH3 is 1. The van der Waals surface area contributed by atoms with E-state index in [1.54, 1.807) is 13.3 Å². The number of ether oxygens (including phenoxy) is 1. The molecule has 5 nitrogen and oxygen atoms in total. The second kappa shape index (κ2) is 6.14. The van der Waals surface area contributed by atoms with Gasteiger partial charge >= 0.3 is 0 Å². The standard InChI is InChI=1S/C15H28N4O/c1-5-15(6-2,19-9-7-8-10-19)14(16)13-12(20-4)11-17-18(13)3/h11,14H,5-10,16H2,1-4H3. The SMILES string of the molecule is CCC(CC)(C(N)c1c(OC)cnn1C)N1CCCC1. The number of likely N-dealkylation sites (tertiary alicyclic amines) is 1. The summed E-state index contributed by atoms with van der Waals surface area (Å²) in [7, 11) is 3.63. The van der Waals surface area contributed by atoms with Crippen molar-refractivity contribution in [1.29, 1.82) is 0 Å². The first-order chi connectivity index (χ1) is 9.60. The number of aromatic nitrogens is 2. The molecule has 1 aromatic heterocycles. The minimum atomic E-state index is -0.0851. The molecule has 1 aliphatic heterocycles. The minimum Gasteiger partial charge on any atom is -0.493 e. The topological polar surface area (TPSA) is 56.3 Å². The van der Waals surface area contributed by atoms with Gasteiger partial charge in [0.2, 0.25) is 0 Å². The molecule has 2 rings (SSSR count). The van der Waals surface area contributed by atoms with Crippen molar-refractivity contribution in [3.05, 3.63) is 11.9 Å². The Kier molecular flexibility index (Phi) is 4.70. The molecule has 0 saturated carbocycles. The fourth-order valence-corrected chi connectivity index (χ4v) is 3.69. The quantitative estimate of drug-likeness (QED) is 0.867. The van der Waals surface area contributed by atoms with Crippen molar-refractivity contribution < 1.29 is 4.74 Å². The van der Waals surface area contributed by atoms with E-state index in [9.17, 15) is 0 Å². The second-order valence-electron chi connectivity index (χ2n) is 5.70. The summed E-state index contributed by atoms with van der Waals surface area (Å²) in [5.41, 5.74) is 7.71. The van der Waals surface area contributed by atoms with E-state index in [0.717, 1.165) is 37.4 Å².